The number of fused-ring (bicyclic) bond motifs is 5. The minimum Gasteiger partial charge on any atom is -0.0843 e. The molecule has 1 heteroatoms. The van der Waals surface area contributed by atoms with E-state index in [2.05, 4.69) is 72.8 Å². The van der Waals surface area contributed by atoms with Crippen molar-refractivity contribution in [2.75, 3.05) is 0 Å². The van der Waals surface area contributed by atoms with E-state index >= 15 is 0 Å². The number of rotatable bonds is 1. The predicted octanol–water partition coefficient (Wildman–Crippen LogP) is 6.17. The fourth-order valence-electron chi connectivity index (χ4n) is 3.70. The van der Waals surface area contributed by atoms with Crippen LogP contribution in [0.4, 0.5) is 0 Å². The zero-order chi connectivity index (χ0) is 15.4. The molecule has 3 aromatic carbocycles. The summed E-state index contributed by atoms with van der Waals surface area (Å²) in [6.07, 6.45) is 2.29. The van der Waals surface area contributed by atoms with Gasteiger partial charge in [-0.1, -0.05) is 72.3 Å². The van der Waals surface area contributed by atoms with Crippen LogP contribution in [0.3, 0.4) is 0 Å². The Balaban J connectivity index is 1.89. The Bertz CT molecular complexity index is 1010. The standard InChI is InChI=1S/C22H13Cl/c23-16-11-10-15-12-20-17-8-4-5-9-18(17)21(22(20)19(15)13-16)14-6-2-1-3-7-14/h1-13H. The van der Waals surface area contributed by atoms with Gasteiger partial charge in [-0.3, -0.25) is 0 Å². The molecule has 0 unspecified atom stereocenters. The Morgan fingerprint density at radius 2 is 1.35 bits per heavy atom. The molecule has 23 heavy (non-hydrogen) atoms. The van der Waals surface area contributed by atoms with Crippen molar-refractivity contribution >= 4 is 34.4 Å². The molecule has 0 saturated carbocycles. The van der Waals surface area contributed by atoms with E-state index in [1.165, 1.54) is 44.5 Å². The zero-order valence-electron chi connectivity index (χ0n) is 12.4. The fourth-order valence-corrected chi connectivity index (χ4v) is 3.87. The van der Waals surface area contributed by atoms with Gasteiger partial charge in [0.15, 0.2) is 0 Å². The van der Waals surface area contributed by atoms with E-state index in [0.29, 0.717) is 0 Å². The zero-order valence-corrected chi connectivity index (χ0v) is 13.1. The number of hydrogen-bond donors (Lipinski definition) is 0. The molecular weight excluding hydrogens is 300 g/mol. The van der Waals surface area contributed by atoms with Gasteiger partial charge >= 0.3 is 0 Å². The lowest BCUT2D eigenvalue weighted by molar-refractivity contribution is 1.54. The summed E-state index contributed by atoms with van der Waals surface area (Å²) < 4.78 is 0. The molecule has 0 amide bonds. The van der Waals surface area contributed by atoms with E-state index in [-0.39, 0.29) is 0 Å². The highest BCUT2D eigenvalue weighted by Crippen LogP contribution is 2.54. The highest BCUT2D eigenvalue weighted by atomic mass is 35.5. The molecule has 0 atom stereocenters. The molecule has 5 rings (SSSR count). The maximum Gasteiger partial charge on any atom is 0.0412 e. The first-order valence-corrected chi connectivity index (χ1v) is 8.12. The largest absolute Gasteiger partial charge is 0.0843 e. The molecule has 0 spiro atoms. The summed E-state index contributed by atoms with van der Waals surface area (Å²) in [5.41, 5.74) is 10.3. The van der Waals surface area contributed by atoms with Crippen LogP contribution >= 0.6 is 11.6 Å². The average Bonchev–Trinajstić information content (AvgIpc) is 3.10. The molecular formula is C22H13Cl. The smallest absolute Gasteiger partial charge is 0.0412 e. The molecule has 2 aliphatic rings. The van der Waals surface area contributed by atoms with Crippen LogP contribution in [-0.4, -0.2) is 0 Å². The summed E-state index contributed by atoms with van der Waals surface area (Å²) in [5, 5.41) is 0.786. The van der Waals surface area contributed by atoms with Crippen LogP contribution in [-0.2, 0) is 0 Å². The van der Waals surface area contributed by atoms with Gasteiger partial charge < -0.3 is 0 Å². The summed E-state index contributed by atoms with van der Waals surface area (Å²) in [6, 6.07) is 25.4. The van der Waals surface area contributed by atoms with Crippen molar-refractivity contribution in [3.63, 3.8) is 0 Å². The summed E-state index contributed by atoms with van der Waals surface area (Å²) in [6.45, 7) is 0. The van der Waals surface area contributed by atoms with Gasteiger partial charge in [0, 0.05) is 5.02 Å². The maximum absolute atomic E-state index is 6.27. The van der Waals surface area contributed by atoms with Crippen molar-refractivity contribution in [1.29, 1.82) is 0 Å². The van der Waals surface area contributed by atoms with E-state index in [4.69, 9.17) is 11.6 Å². The highest BCUT2D eigenvalue weighted by Gasteiger charge is 2.32. The first-order chi connectivity index (χ1) is 11.3. The van der Waals surface area contributed by atoms with Crippen molar-refractivity contribution in [3.8, 4) is 0 Å². The van der Waals surface area contributed by atoms with Crippen molar-refractivity contribution in [2.24, 2.45) is 0 Å². The molecule has 0 N–H and O–H groups in total. The van der Waals surface area contributed by atoms with Gasteiger partial charge in [0.05, 0.1) is 0 Å². The average molecular weight is 313 g/mol. The molecule has 0 aliphatic heterocycles. The highest BCUT2D eigenvalue weighted by molar-refractivity contribution is 6.34. The Kier molecular flexibility index (Phi) is 2.65. The number of allylic oxidation sites excluding steroid dienone is 2. The molecule has 0 heterocycles. The Morgan fingerprint density at radius 1 is 0.609 bits per heavy atom. The summed E-state index contributed by atoms with van der Waals surface area (Å²) in [7, 11) is 0. The number of halogens is 1. The molecule has 0 fully saturated rings. The summed E-state index contributed by atoms with van der Waals surface area (Å²) in [4.78, 5) is 0. The quantitative estimate of drug-likeness (QED) is 0.504. The SMILES string of the molecule is Clc1ccc2c(c1)C1=C(c3ccccc3)c3ccccc3C1=C2. The predicted molar refractivity (Wildman–Crippen MR) is 98.1 cm³/mol. The molecule has 2 aliphatic carbocycles. The van der Waals surface area contributed by atoms with Crippen LogP contribution in [0.1, 0.15) is 27.8 Å². The van der Waals surface area contributed by atoms with Gasteiger partial charge in [0.1, 0.15) is 0 Å². The molecule has 0 radical (unpaired) electrons. The van der Waals surface area contributed by atoms with Gasteiger partial charge in [-0.05, 0) is 62.7 Å². The second-order valence-corrected chi connectivity index (χ2v) is 6.39. The Labute approximate surface area is 140 Å². The van der Waals surface area contributed by atoms with E-state index < -0.39 is 0 Å². The third kappa shape index (κ3) is 1.79. The number of benzene rings is 3. The van der Waals surface area contributed by atoms with Crippen molar-refractivity contribution in [3.05, 3.63) is 106 Å². The third-order valence-electron chi connectivity index (χ3n) is 4.65. The molecule has 0 aromatic heterocycles. The van der Waals surface area contributed by atoms with E-state index in [1.807, 2.05) is 6.07 Å². The lowest BCUT2D eigenvalue weighted by Gasteiger charge is -2.09. The summed E-state index contributed by atoms with van der Waals surface area (Å²) >= 11 is 6.27. The third-order valence-corrected chi connectivity index (χ3v) is 4.89. The van der Waals surface area contributed by atoms with E-state index in [9.17, 15) is 0 Å². The minimum atomic E-state index is 0.786. The van der Waals surface area contributed by atoms with Gasteiger partial charge in [-0.25, -0.2) is 0 Å². The topological polar surface area (TPSA) is 0 Å². The first-order valence-electron chi connectivity index (χ1n) is 7.74. The van der Waals surface area contributed by atoms with Gasteiger partial charge in [-0.15, -0.1) is 0 Å². The molecule has 108 valence electrons. The second kappa shape index (κ2) is 4.71. The minimum absolute atomic E-state index is 0.786. The van der Waals surface area contributed by atoms with Crippen LogP contribution in [0.25, 0.3) is 22.8 Å². The lowest BCUT2D eigenvalue weighted by atomic mass is 9.94. The lowest BCUT2D eigenvalue weighted by Crippen LogP contribution is -1.89. The number of hydrogen-bond acceptors (Lipinski definition) is 0. The maximum atomic E-state index is 6.27. The monoisotopic (exact) mass is 312 g/mol. The van der Waals surface area contributed by atoms with E-state index in [0.717, 1.165) is 5.02 Å². The van der Waals surface area contributed by atoms with Crippen molar-refractivity contribution < 1.29 is 0 Å². The van der Waals surface area contributed by atoms with Gasteiger partial charge in [0.2, 0.25) is 0 Å². The summed E-state index contributed by atoms with van der Waals surface area (Å²) in [5.74, 6) is 0. The second-order valence-electron chi connectivity index (χ2n) is 5.95. The van der Waals surface area contributed by atoms with Crippen LogP contribution in [0.5, 0.6) is 0 Å². The van der Waals surface area contributed by atoms with Crippen LogP contribution < -0.4 is 0 Å². The van der Waals surface area contributed by atoms with Crippen LogP contribution in [0, 0.1) is 0 Å². The fraction of sp³-hybridized carbons (Fsp3) is 0. The van der Waals surface area contributed by atoms with Crippen molar-refractivity contribution in [2.45, 2.75) is 0 Å². The Morgan fingerprint density at radius 3 is 2.17 bits per heavy atom. The molecule has 3 aromatic rings. The Hall–Kier alpha value is -2.57. The first kappa shape index (κ1) is 12.9. The van der Waals surface area contributed by atoms with Gasteiger partial charge in [-0.2, -0.15) is 0 Å². The van der Waals surface area contributed by atoms with Gasteiger partial charge in [0.25, 0.3) is 0 Å². The normalized spacial score (nSPS) is 14.4. The molecule has 0 bridgehead atoms. The van der Waals surface area contributed by atoms with Crippen LogP contribution in [0.15, 0.2) is 72.8 Å². The molecule has 0 nitrogen and oxygen atoms in total. The van der Waals surface area contributed by atoms with E-state index in [1.54, 1.807) is 0 Å². The van der Waals surface area contributed by atoms with Crippen LogP contribution in [0.2, 0.25) is 5.02 Å². The van der Waals surface area contributed by atoms with Crippen molar-refractivity contribution in [1.82, 2.24) is 0 Å². The molecule has 0 saturated heterocycles.